The van der Waals surface area contributed by atoms with E-state index in [9.17, 15) is 19.8 Å². The lowest BCUT2D eigenvalue weighted by atomic mass is 10.3. The monoisotopic (exact) mass is 424 g/mol. The van der Waals surface area contributed by atoms with Gasteiger partial charge in [-0.3, -0.25) is 0 Å². The van der Waals surface area contributed by atoms with Gasteiger partial charge in [-0.15, -0.1) is 56.7 Å². The fourth-order valence-corrected chi connectivity index (χ4v) is 10.4. The zero-order valence-corrected chi connectivity index (χ0v) is 16.8. The summed E-state index contributed by atoms with van der Waals surface area (Å²) < 4.78 is 8.87. The predicted molar refractivity (Wildman–Crippen MR) is 109 cm³/mol. The van der Waals surface area contributed by atoms with Crippen LogP contribution in [-0.4, -0.2) is 22.2 Å². The van der Waals surface area contributed by atoms with Gasteiger partial charge in [0.25, 0.3) is 0 Å². The van der Waals surface area contributed by atoms with Crippen molar-refractivity contribution in [3.63, 3.8) is 0 Å². The Labute approximate surface area is 160 Å². The summed E-state index contributed by atoms with van der Waals surface area (Å²) in [4.78, 5) is 23.6. The molecule has 0 spiro atoms. The van der Waals surface area contributed by atoms with Crippen molar-refractivity contribution >= 4 is 106 Å². The number of carboxylic acids is 2. The van der Waals surface area contributed by atoms with Gasteiger partial charge >= 0.3 is 11.9 Å². The average molecular weight is 425 g/mol. The molecule has 9 heteroatoms. The molecule has 5 aromatic heterocycles. The van der Waals surface area contributed by atoms with Crippen LogP contribution >= 0.6 is 56.7 Å². The van der Waals surface area contributed by atoms with Crippen LogP contribution in [0.25, 0.3) is 37.6 Å². The molecule has 2 N–H and O–H groups in total. The maximum Gasteiger partial charge on any atom is 0.346 e. The Kier molecular flexibility index (Phi) is 3.15. The van der Waals surface area contributed by atoms with Crippen LogP contribution in [0.2, 0.25) is 0 Å². The lowest BCUT2D eigenvalue weighted by Crippen LogP contribution is -1.93. The smallest absolute Gasteiger partial charge is 0.346 e. The van der Waals surface area contributed by atoms with Gasteiger partial charge in [0.15, 0.2) is 0 Å². The van der Waals surface area contributed by atoms with Gasteiger partial charge < -0.3 is 10.2 Å². The predicted octanol–water partition coefficient (Wildman–Crippen LogP) is 6.62. The summed E-state index contributed by atoms with van der Waals surface area (Å²) >= 11 is 7.65. The van der Waals surface area contributed by atoms with Crippen LogP contribution in [0.15, 0.2) is 0 Å². The first-order chi connectivity index (χ1) is 11.9. The molecule has 5 rings (SSSR count). The molecular weight excluding hydrogens is 417 g/mol. The van der Waals surface area contributed by atoms with Crippen LogP contribution in [-0.2, 0) is 0 Å². The minimum atomic E-state index is -0.875. The van der Waals surface area contributed by atoms with Crippen molar-refractivity contribution in [3.8, 4) is 0 Å². The number of carbonyl (C=O) groups is 2. The SMILES string of the molecule is Cc1c(C(=O)O)sc2c1sc1c2sc2c3sc(C(=O)O)c(C)c3sc21. The Bertz CT molecular complexity index is 1270. The number of rotatable bonds is 2. The van der Waals surface area contributed by atoms with E-state index in [2.05, 4.69) is 0 Å². The Morgan fingerprint density at radius 1 is 0.560 bits per heavy atom. The molecule has 0 fully saturated rings. The Morgan fingerprint density at radius 2 is 0.840 bits per heavy atom. The quantitative estimate of drug-likeness (QED) is 0.334. The van der Waals surface area contributed by atoms with Crippen LogP contribution < -0.4 is 0 Å². The molecule has 0 bridgehead atoms. The first-order valence-corrected chi connectivity index (χ1v) is 11.2. The van der Waals surface area contributed by atoms with Gasteiger partial charge in [-0.1, -0.05) is 0 Å². The lowest BCUT2D eigenvalue weighted by molar-refractivity contribution is 0.0690. The number of hydrogen-bond acceptors (Lipinski definition) is 7. The van der Waals surface area contributed by atoms with E-state index in [1.165, 1.54) is 32.1 Å². The topological polar surface area (TPSA) is 74.6 Å². The van der Waals surface area contributed by atoms with Crippen LogP contribution in [0.3, 0.4) is 0 Å². The van der Waals surface area contributed by atoms with Crippen molar-refractivity contribution < 1.29 is 19.8 Å². The minimum absolute atomic E-state index is 0.408. The second-order valence-corrected chi connectivity index (χ2v) is 10.8. The molecule has 0 aliphatic carbocycles. The van der Waals surface area contributed by atoms with Gasteiger partial charge in [0.2, 0.25) is 0 Å². The van der Waals surface area contributed by atoms with E-state index < -0.39 is 11.9 Å². The van der Waals surface area contributed by atoms with E-state index in [1.54, 1.807) is 34.0 Å². The van der Waals surface area contributed by atoms with Crippen molar-refractivity contribution in [2.75, 3.05) is 0 Å². The molecule has 4 nitrogen and oxygen atoms in total. The van der Waals surface area contributed by atoms with E-state index in [0.717, 1.165) is 39.3 Å². The van der Waals surface area contributed by atoms with Crippen LogP contribution in [0, 0.1) is 13.8 Å². The molecule has 0 atom stereocenters. The van der Waals surface area contributed by atoms with Gasteiger partial charge in [0, 0.05) is 0 Å². The maximum atomic E-state index is 11.4. The standard InChI is InChI=1S/C16H8O4S5/c1-3-5-9(23-7(3)15(17)18)11-13(21-5)14-12(25-11)10-6(22-14)4(2)8(24-10)16(19)20/h1-2H3,(H,17,18)(H,19,20). The number of hydrogen-bond donors (Lipinski definition) is 2. The second kappa shape index (κ2) is 5.01. The average Bonchev–Trinajstić information content (AvgIpc) is 3.26. The van der Waals surface area contributed by atoms with Crippen LogP contribution in [0.4, 0.5) is 0 Å². The van der Waals surface area contributed by atoms with Crippen molar-refractivity contribution in [3.05, 3.63) is 20.9 Å². The van der Waals surface area contributed by atoms with Gasteiger partial charge in [0.05, 0.1) is 37.6 Å². The van der Waals surface area contributed by atoms with E-state index in [0.29, 0.717) is 9.75 Å². The summed E-state index contributed by atoms with van der Waals surface area (Å²) in [5.74, 6) is -1.75. The highest BCUT2D eigenvalue weighted by atomic mass is 32.1. The zero-order valence-electron chi connectivity index (χ0n) is 12.8. The summed E-state index contributed by atoms with van der Waals surface area (Å²) in [6.45, 7) is 3.74. The zero-order chi connectivity index (χ0) is 17.6. The first kappa shape index (κ1) is 15.7. The molecule has 0 saturated heterocycles. The molecule has 25 heavy (non-hydrogen) atoms. The molecule has 0 amide bonds. The van der Waals surface area contributed by atoms with Crippen molar-refractivity contribution in [2.24, 2.45) is 0 Å². The largest absolute Gasteiger partial charge is 0.477 e. The van der Waals surface area contributed by atoms with Gasteiger partial charge in [0.1, 0.15) is 9.75 Å². The van der Waals surface area contributed by atoms with E-state index in [4.69, 9.17) is 0 Å². The molecule has 0 aliphatic rings. The molecule has 0 unspecified atom stereocenters. The Hall–Kier alpha value is -1.52. The second-order valence-electron chi connectivity index (χ2n) is 5.66. The molecule has 0 aliphatic heterocycles. The van der Waals surface area contributed by atoms with Crippen molar-refractivity contribution in [1.29, 1.82) is 0 Å². The summed E-state index contributed by atoms with van der Waals surface area (Å²) in [5, 5.41) is 18.7. The van der Waals surface area contributed by atoms with E-state index in [1.807, 2.05) is 13.8 Å². The minimum Gasteiger partial charge on any atom is -0.477 e. The highest BCUT2D eigenvalue weighted by molar-refractivity contribution is 7.48. The molecule has 0 aromatic carbocycles. The Balaban J connectivity index is 1.90. The number of aromatic carboxylic acids is 2. The lowest BCUT2D eigenvalue weighted by Gasteiger charge is -1.89. The Morgan fingerprint density at radius 3 is 1.16 bits per heavy atom. The summed E-state index contributed by atoms with van der Waals surface area (Å²) in [6.07, 6.45) is 0. The number of thiophene rings is 5. The molecule has 0 radical (unpaired) electrons. The van der Waals surface area contributed by atoms with Gasteiger partial charge in [-0.05, 0) is 25.0 Å². The molecular formula is C16H8O4S5. The highest BCUT2D eigenvalue weighted by Gasteiger charge is 2.25. The van der Waals surface area contributed by atoms with Crippen LogP contribution in [0.5, 0.6) is 0 Å². The van der Waals surface area contributed by atoms with E-state index in [-0.39, 0.29) is 0 Å². The van der Waals surface area contributed by atoms with Gasteiger partial charge in [-0.25, -0.2) is 9.59 Å². The summed E-state index contributed by atoms with van der Waals surface area (Å²) in [6, 6.07) is 0. The van der Waals surface area contributed by atoms with Crippen LogP contribution in [0.1, 0.15) is 30.5 Å². The third-order valence-corrected chi connectivity index (χ3v) is 11.6. The number of fused-ring (bicyclic) bond motifs is 7. The summed E-state index contributed by atoms with van der Waals surface area (Å²) in [7, 11) is 0. The molecule has 0 saturated carbocycles. The molecule has 5 aromatic rings. The summed E-state index contributed by atoms with van der Waals surface area (Å²) in [5.41, 5.74) is 1.69. The third-order valence-electron chi connectivity index (χ3n) is 4.22. The van der Waals surface area contributed by atoms with Crippen molar-refractivity contribution in [2.45, 2.75) is 13.8 Å². The molecule has 126 valence electrons. The highest BCUT2D eigenvalue weighted by Crippen LogP contribution is 2.54. The van der Waals surface area contributed by atoms with Crippen molar-refractivity contribution in [1.82, 2.24) is 0 Å². The molecule has 5 heterocycles. The first-order valence-electron chi connectivity index (χ1n) is 7.15. The number of carboxylic acid groups (broad SMARTS) is 2. The fourth-order valence-electron chi connectivity index (χ4n) is 3.04. The van der Waals surface area contributed by atoms with Gasteiger partial charge in [-0.2, -0.15) is 0 Å². The third kappa shape index (κ3) is 1.90. The fraction of sp³-hybridized carbons (Fsp3) is 0.125. The normalized spacial score (nSPS) is 12.2. The number of aryl methyl sites for hydroxylation is 2. The van der Waals surface area contributed by atoms with E-state index >= 15 is 0 Å². The maximum absolute atomic E-state index is 11.4.